The van der Waals surface area contributed by atoms with Crippen LogP contribution in [-0.4, -0.2) is 14.1 Å². The van der Waals surface area contributed by atoms with Crippen LogP contribution in [0.15, 0.2) is 158 Å². The Labute approximate surface area is 382 Å². The standard InChI is InChI=1S/C55H48N5O.Pd/c1-37-29-51(56-35-48(37)38-17-10-8-11-18-38)60-50-34-44(25-26-47(50)52-53(60)46-23-14-15-24-49(46)59(52)41-20-12-9-13-21-41)61-45-32-40(55(5,6)7)31-43(33-45)58-28-27-57(36-58)42-22-16-19-39(30-42)54(2,3)4;/h8-32,35-36H,1-7H3;/q-3;/i1D3;. The number of aromatic nitrogens is 3. The van der Waals surface area contributed by atoms with E-state index in [0.717, 1.165) is 55.5 Å². The van der Waals surface area contributed by atoms with E-state index >= 15 is 0 Å². The Kier molecular flexibility index (Phi) is 9.54. The van der Waals surface area contributed by atoms with Crippen molar-refractivity contribution in [1.82, 2.24) is 14.1 Å². The van der Waals surface area contributed by atoms with Gasteiger partial charge < -0.3 is 23.7 Å². The molecule has 6 nitrogen and oxygen atoms in total. The number of hydrogen-bond donors (Lipinski definition) is 0. The van der Waals surface area contributed by atoms with E-state index in [2.05, 4.69) is 142 Å². The minimum atomic E-state index is -2.41. The maximum absolute atomic E-state index is 8.69. The third-order valence-corrected chi connectivity index (χ3v) is 11.5. The summed E-state index contributed by atoms with van der Waals surface area (Å²) in [4.78, 5) is 9.22. The predicted octanol–water partition coefficient (Wildman–Crippen LogP) is 14.0. The molecule has 62 heavy (non-hydrogen) atoms. The molecule has 312 valence electrons. The Hall–Kier alpha value is -6.39. The number of benzene rings is 6. The van der Waals surface area contributed by atoms with Gasteiger partial charge >= 0.3 is 0 Å². The van der Waals surface area contributed by atoms with Crippen LogP contribution in [0.4, 0.5) is 11.4 Å². The first-order valence-electron chi connectivity index (χ1n) is 22.2. The first kappa shape index (κ1) is 37.4. The Morgan fingerprint density at radius 3 is 2.06 bits per heavy atom. The molecule has 0 amide bonds. The van der Waals surface area contributed by atoms with Crippen LogP contribution in [0.5, 0.6) is 11.5 Å². The fourth-order valence-electron chi connectivity index (χ4n) is 8.25. The van der Waals surface area contributed by atoms with E-state index in [0.29, 0.717) is 28.4 Å². The van der Waals surface area contributed by atoms with Crippen LogP contribution in [0.1, 0.15) is 62.3 Å². The number of para-hydroxylation sites is 2. The van der Waals surface area contributed by atoms with Crippen molar-refractivity contribution in [2.24, 2.45) is 0 Å². The van der Waals surface area contributed by atoms with Crippen molar-refractivity contribution in [1.29, 1.82) is 0 Å². The summed E-state index contributed by atoms with van der Waals surface area (Å²) in [6.07, 6.45) is 5.78. The zero-order valence-electron chi connectivity index (χ0n) is 38.5. The smallest absolute Gasteiger partial charge is 0.135 e. The molecule has 4 heterocycles. The molecule has 0 radical (unpaired) electrons. The van der Waals surface area contributed by atoms with E-state index in [9.17, 15) is 0 Å². The largest absolute Gasteiger partial charge is 0.509 e. The Morgan fingerprint density at radius 1 is 0.613 bits per heavy atom. The minimum absolute atomic E-state index is 0. The first-order valence-corrected chi connectivity index (χ1v) is 20.7. The van der Waals surface area contributed by atoms with Crippen LogP contribution in [0.3, 0.4) is 0 Å². The summed E-state index contributed by atoms with van der Waals surface area (Å²) in [6.45, 7) is 12.9. The van der Waals surface area contributed by atoms with Crippen LogP contribution in [-0.2, 0) is 31.3 Å². The maximum Gasteiger partial charge on any atom is 0.135 e. The second-order valence-corrected chi connectivity index (χ2v) is 17.8. The molecule has 0 atom stereocenters. The van der Waals surface area contributed by atoms with E-state index in [4.69, 9.17) is 13.8 Å². The molecular weight excluding hydrogens is 853 g/mol. The molecule has 0 aliphatic carbocycles. The van der Waals surface area contributed by atoms with Crippen molar-refractivity contribution < 1.29 is 29.3 Å². The summed E-state index contributed by atoms with van der Waals surface area (Å²) in [6, 6.07) is 53.9. The molecule has 10 rings (SSSR count). The molecule has 0 saturated heterocycles. The molecule has 3 aromatic heterocycles. The van der Waals surface area contributed by atoms with Crippen molar-refractivity contribution in [2.75, 3.05) is 9.80 Å². The number of aryl methyl sites for hydroxylation is 1. The number of ether oxygens (including phenoxy) is 1. The van der Waals surface area contributed by atoms with Gasteiger partial charge in [-0.15, -0.1) is 48.3 Å². The third kappa shape index (κ3) is 7.40. The van der Waals surface area contributed by atoms with Gasteiger partial charge in [-0.1, -0.05) is 131 Å². The van der Waals surface area contributed by atoms with Crippen LogP contribution < -0.4 is 14.5 Å². The van der Waals surface area contributed by atoms with E-state index in [1.807, 2.05) is 83.6 Å². The van der Waals surface area contributed by atoms with Gasteiger partial charge in [0.05, 0.1) is 11.0 Å². The molecule has 0 saturated carbocycles. The fourth-order valence-corrected chi connectivity index (χ4v) is 8.25. The number of hydrogen-bond acceptors (Lipinski definition) is 4. The number of fused-ring (bicyclic) bond motifs is 5. The van der Waals surface area contributed by atoms with Crippen molar-refractivity contribution in [2.45, 2.75) is 59.2 Å². The third-order valence-electron chi connectivity index (χ3n) is 11.5. The van der Waals surface area contributed by atoms with Gasteiger partial charge in [-0.3, -0.25) is 0 Å². The maximum atomic E-state index is 8.69. The Balaban J connectivity index is 0.00000533. The Morgan fingerprint density at radius 2 is 1.31 bits per heavy atom. The molecule has 1 aliphatic rings. The zero-order chi connectivity index (χ0) is 44.5. The van der Waals surface area contributed by atoms with Crippen LogP contribution in [0.2, 0.25) is 0 Å². The molecular formula is C55H48N5OPd-3. The summed E-state index contributed by atoms with van der Waals surface area (Å²) in [5, 5.41) is 1.90. The molecule has 0 N–H and O–H groups in total. The predicted molar refractivity (Wildman–Crippen MR) is 252 cm³/mol. The van der Waals surface area contributed by atoms with Gasteiger partial charge in [0.1, 0.15) is 5.82 Å². The van der Waals surface area contributed by atoms with Crippen molar-refractivity contribution in [3.8, 4) is 34.1 Å². The van der Waals surface area contributed by atoms with Gasteiger partial charge in [0, 0.05) is 70.1 Å². The van der Waals surface area contributed by atoms with Gasteiger partial charge in [-0.25, -0.2) is 4.98 Å². The summed E-state index contributed by atoms with van der Waals surface area (Å²) >= 11 is 0. The molecule has 0 spiro atoms. The molecule has 7 heteroatoms. The molecule has 0 bridgehead atoms. The molecule has 0 unspecified atom stereocenters. The van der Waals surface area contributed by atoms with Gasteiger partial charge in [0.25, 0.3) is 0 Å². The van der Waals surface area contributed by atoms with E-state index < -0.39 is 6.85 Å². The van der Waals surface area contributed by atoms with Gasteiger partial charge in [-0.05, 0) is 83.2 Å². The second-order valence-electron chi connectivity index (χ2n) is 17.8. The second kappa shape index (κ2) is 15.8. The van der Waals surface area contributed by atoms with Crippen LogP contribution >= 0.6 is 0 Å². The van der Waals surface area contributed by atoms with E-state index in [1.165, 1.54) is 5.56 Å². The molecule has 0 fully saturated rings. The topological polar surface area (TPSA) is 38.5 Å². The fraction of sp³-hybridized carbons (Fsp3) is 0.164. The van der Waals surface area contributed by atoms with Gasteiger partial charge in [-0.2, -0.15) is 6.07 Å². The average molecular weight is 904 g/mol. The summed E-state index contributed by atoms with van der Waals surface area (Å²) in [7, 11) is 0. The quantitative estimate of drug-likeness (QED) is 0.118. The minimum Gasteiger partial charge on any atom is -0.509 e. The van der Waals surface area contributed by atoms with E-state index in [-0.39, 0.29) is 36.8 Å². The Bertz CT molecular complexity index is 3250. The monoisotopic (exact) mass is 903 g/mol. The number of pyridine rings is 1. The van der Waals surface area contributed by atoms with Crippen LogP contribution in [0.25, 0.3) is 55.5 Å². The number of nitrogens with zero attached hydrogens (tertiary/aromatic N) is 5. The number of anilines is 2. The van der Waals surface area contributed by atoms with Crippen molar-refractivity contribution >= 4 is 44.2 Å². The molecule has 6 aromatic carbocycles. The molecule has 1 aliphatic heterocycles. The SMILES string of the molecule is [2H]C([2H])([2H])c1cc(-n2c3[c-]c(Oc4[c-]c(N5C=CN(c6cccc(C(C)(C)C)c6)[CH-]5)cc(C(C)(C)C)c4)ccc3c3c2c2ccccc2n3-c2ccccc2)ncc1-c1ccccc1.[Pd]. The zero-order valence-corrected chi connectivity index (χ0v) is 37.1. The summed E-state index contributed by atoms with van der Waals surface area (Å²) in [5.74, 6) is 1.49. The normalized spacial score (nSPS) is 14.0. The summed E-state index contributed by atoms with van der Waals surface area (Å²) in [5.41, 5.74) is 10.2. The van der Waals surface area contributed by atoms with E-state index in [1.54, 1.807) is 12.3 Å². The van der Waals surface area contributed by atoms with Gasteiger partial charge in [0.2, 0.25) is 0 Å². The van der Waals surface area contributed by atoms with Gasteiger partial charge in [0.15, 0.2) is 0 Å². The first-order chi connectivity index (χ1) is 30.6. The average Bonchev–Trinajstić information content (AvgIpc) is 3.99. The molecule has 9 aromatic rings. The van der Waals surface area contributed by atoms with Crippen LogP contribution in [0, 0.1) is 25.7 Å². The van der Waals surface area contributed by atoms with Crippen molar-refractivity contribution in [3.63, 3.8) is 0 Å². The van der Waals surface area contributed by atoms with Crippen molar-refractivity contribution in [3.05, 3.63) is 194 Å². The summed E-state index contributed by atoms with van der Waals surface area (Å²) < 4.78 is 37.2. The number of rotatable bonds is 7.